The minimum Gasteiger partial charge on any atom is -0.488 e. The first-order valence-electron chi connectivity index (χ1n) is 10.8. The number of methoxy groups -OCH3 is 1. The molecule has 1 N–H and O–H groups in total. The van der Waals surface area contributed by atoms with Gasteiger partial charge in [0.15, 0.2) is 5.82 Å². The minimum atomic E-state index is -0.380. The molecule has 0 radical (unpaired) electrons. The molecule has 1 aliphatic rings. The van der Waals surface area contributed by atoms with Gasteiger partial charge in [0.2, 0.25) is 5.88 Å². The van der Waals surface area contributed by atoms with Crippen molar-refractivity contribution in [2.75, 3.05) is 32.1 Å². The average molecular weight is 466 g/mol. The summed E-state index contributed by atoms with van der Waals surface area (Å²) in [5, 5.41) is 6.90. The van der Waals surface area contributed by atoms with Gasteiger partial charge in [-0.05, 0) is 25.5 Å². The standard InChI is InChI=1S/C23H26N6O5/c1-15(14-32-3)33-17-9-16(22(30)26-20-5-8-28(2)27-20)10-18(11-17)34-21-13-24-19(12-25-21)23(31)29-6-4-7-29/h5,8-13,15H,4,6-7,14H2,1-3H3,(H,26,27,30)/t15-/m0/s1. The summed E-state index contributed by atoms with van der Waals surface area (Å²) >= 11 is 0. The van der Waals surface area contributed by atoms with E-state index in [0.717, 1.165) is 19.5 Å². The molecule has 34 heavy (non-hydrogen) atoms. The number of nitrogens with zero attached hydrogens (tertiary/aromatic N) is 5. The van der Waals surface area contributed by atoms with Gasteiger partial charge in [-0.25, -0.2) is 9.97 Å². The molecular weight excluding hydrogens is 440 g/mol. The number of carbonyl (C=O) groups excluding carboxylic acids is 2. The molecule has 1 atom stereocenters. The molecule has 0 spiro atoms. The van der Waals surface area contributed by atoms with E-state index in [1.165, 1.54) is 12.4 Å². The maximum Gasteiger partial charge on any atom is 0.274 e. The first-order chi connectivity index (χ1) is 16.4. The third kappa shape index (κ3) is 5.67. The van der Waals surface area contributed by atoms with E-state index in [1.807, 2.05) is 6.92 Å². The third-order valence-electron chi connectivity index (χ3n) is 5.05. The summed E-state index contributed by atoms with van der Waals surface area (Å²) in [5.41, 5.74) is 0.563. The Morgan fingerprint density at radius 2 is 1.94 bits per heavy atom. The smallest absolute Gasteiger partial charge is 0.274 e. The molecule has 3 aromatic rings. The van der Waals surface area contributed by atoms with E-state index < -0.39 is 0 Å². The number of rotatable bonds is 9. The molecule has 1 saturated heterocycles. The Bertz CT molecular complexity index is 1160. The van der Waals surface area contributed by atoms with Crippen molar-refractivity contribution in [2.45, 2.75) is 19.4 Å². The predicted octanol–water partition coefficient (Wildman–Crippen LogP) is 2.51. The van der Waals surface area contributed by atoms with Crippen molar-refractivity contribution >= 4 is 17.6 Å². The largest absolute Gasteiger partial charge is 0.488 e. The van der Waals surface area contributed by atoms with Gasteiger partial charge in [-0.1, -0.05) is 0 Å². The average Bonchev–Trinajstić information content (AvgIpc) is 3.17. The molecule has 0 bridgehead atoms. The Labute approximate surface area is 196 Å². The van der Waals surface area contributed by atoms with Crippen LogP contribution in [0.15, 0.2) is 42.9 Å². The predicted molar refractivity (Wildman–Crippen MR) is 122 cm³/mol. The number of aromatic nitrogens is 4. The lowest BCUT2D eigenvalue weighted by molar-refractivity contribution is 0.0645. The molecule has 2 aromatic heterocycles. The van der Waals surface area contributed by atoms with Gasteiger partial charge in [0.05, 0.1) is 19.0 Å². The van der Waals surface area contributed by atoms with Crippen LogP contribution in [0, 0.1) is 0 Å². The van der Waals surface area contributed by atoms with Crippen molar-refractivity contribution in [3.8, 4) is 17.4 Å². The first kappa shape index (κ1) is 23.2. The molecule has 2 amide bonds. The molecule has 4 rings (SSSR count). The number of hydrogen-bond acceptors (Lipinski definition) is 8. The van der Waals surface area contributed by atoms with Gasteiger partial charge in [0.1, 0.15) is 23.3 Å². The van der Waals surface area contributed by atoms with Gasteiger partial charge in [-0.2, -0.15) is 5.10 Å². The fraction of sp³-hybridized carbons (Fsp3) is 0.348. The minimum absolute atomic E-state index is 0.152. The fourth-order valence-corrected chi connectivity index (χ4v) is 3.28. The van der Waals surface area contributed by atoms with Crippen LogP contribution in [0.1, 0.15) is 34.2 Å². The summed E-state index contributed by atoms with van der Waals surface area (Å²) < 4.78 is 18.4. The fourth-order valence-electron chi connectivity index (χ4n) is 3.28. The Kier molecular flexibility index (Phi) is 7.02. The number of benzene rings is 1. The summed E-state index contributed by atoms with van der Waals surface area (Å²) in [6.07, 6.45) is 5.23. The Morgan fingerprint density at radius 3 is 2.56 bits per heavy atom. The van der Waals surface area contributed by atoms with Gasteiger partial charge >= 0.3 is 0 Å². The van der Waals surface area contributed by atoms with Crippen molar-refractivity contribution in [3.05, 3.63) is 54.1 Å². The summed E-state index contributed by atoms with van der Waals surface area (Å²) in [6, 6.07) is 6.50. The van der Waals surface area contributed by atoms with Crippen molar-refractivity contribution in [3.63, 3.8) is 0 Å². The molecule has 0 aliphatic carbocycles. The molecule has 1 fully saturated rings. The van der Waals surface area contributed by atoms with Crippen LogP contribution in [0.5, 0.6) is 17.4 Å². The topological polar surface area (TPSA) is 121 Å². The van der Waals surface area contributed by atoms with Gasteiger partial charge in [-0.3, -0.25) is 14.3 Å². The van der Waals surface area contributed by atoms with Crippen LogP contribution in [-0.2, 0) is 11.8 Å². The Hall–Kier alpha value is -3.99. The van der Waals surface area contributed by atoms with E-state index in [4.69, 9.17) is 14.2 Å². The lowest BCUT2D eigenvalue weighted by atomic mass is 10.2. The van der Waals surface area contributed by atoms with E-state index in [2.05, 4.69) is 20.4 Å². The molecule has 1 aromatic carbocycles. The third-order valence-corrected chi connectivity index (χ3v) is 5.05. The quantitative estimate of drug-likeness (QED) is 0.511. The van der Waals surface area contributed by atoms with E-state index in [0.29, 0.717) is 29.5 Å². The highest BCUT2D eigenvalue weighted by Crippen LogP contribution is 2.28. The number of nitrogens with one attached hydrogen (secondary N) is 1. The molecular formula is C23H26N6O5. The molecule has 11 nitrogen and oxygen atoms in total. The van der Waals surface area contributed by atoms with Crippen molar-refractivity contribution in [1.29, 1.82) is 0 Å². The summed E-state index contributed by atoms with van der Waals surface area (Å²) in [6.45, 7) is 3.69. The van der Waals surface area contributed by atoms with E-state index in [9.17, 15) is 9.59 Å². The lowest BCUT2D eigenvalue weighted by Crippen LogP contribution is -2.42. The highest BCUT2D eigenvalue weighted by Gasteiger charge is 2.23. The Balaban J connectivity index is 1.54. The van der Waals surface area contributed by atoms with Crippen LogP contribution in [0.3, 0.4) is 0 Å². The van der Waals surface area contributed by atoms with Crippen molar-refractivity contribution < 1.29 is 23.8 Å². The molecule has 178 valence electrons. The highest BCUT2D eigenvalue weighted by molar-refractivity contribution is 6.04. The summed E-state index contributed by atoms with van der Waals surface area (Å²) in [5.74, 6) is 0.812. The zero-order chi connectivity index (χ0) is 24.1. The number of anilines is 1. The number of amides is 2. The second kappa shape index (κ2) is 10.3. The van der Waals surface area contributed by atoms with Crippen LogP contribution in [-0.4, -0.2) is 69.4 Å². The van der Waals surface area contributed by atoms with Crippen molar-refractivity contribution in [2.24, 2.45) is 7.05 Å². The van der Waals surface area contributed by atoms with Crippen molar-refractivity contribution in [1.82, 2.24) is 24.6 Å². The number of carbonyl (C=O) groups is 2. The van der Waals surface area contributed by atoms with E-state index >= 15 is 0 Å². The molecule has 3 heterocycles. The zero-order valence-electron chi connectivity index (χ0n) is 19.2. The zero-order valence-corrected chi connectivity index (χ0v) is 19.2. The normalized spacial score (nSPS) is 13.7. The van der Waals surface area contributed by atoms with Crippen LogP contribution in [0.4, 0.5) is 5.82 Å². The van der Waals surface area contributed by atoms with Crippen LogP contribution in [0.2, 0.25) is 0 Å². The number of likely N-dealkylation sites (tertiary alicyclic amines) is 1. The van der Waals surface area contributed by atoms with Gasteiger partial charge < -0.3 is 24.4 Å². The Morgan fingerprint density at radius 1 is 1.15 bits per heavy atom. The number of ether oxygens (including phenoxy) is 3. The van der Waals surface area contributed by atoms with E-state index in [-0.39, 0.29) is 29.5 Å². The maximum absolute atomic E-state index is 12.8. The molecule has 0 saturated carbocycles. The highest BCUT2D eigenvalue weighted by atomic mass is 16.5. The van der Waals surface area contributed by atoms with Gasteiger partial charge in [0, 0.05) is 51.1 Å². The number of hydrogen-bond donors (Lipinski definition) is 1. The number of aryl methyl sites for hydroxylation is 1. The molecule has 1 aliphatic heterocycles. The molecule has 11 heteroatoms. The first-order valence-corrected chi connectivity index (χ1v) is 10.8. The molecule has 0 unspecified atom stereocenters. The monoisotopic (exact) mass is 466 g/mol. The second-order valence-electron chi connectivity index (χ2n) is 7.89. The summed E-state index contributed by atoms with van der Waals surface area (Å²) in [7, 11) is 3.34. The SMILES string of the molecule is COC[C@H](C)Oc1cc(Oc2cnc(C(=O)N3CCC3)cn2)cc(C(=O)Nc2ccn(C)n2)c1. The van der Waals surface area contributed by atoms with E-state index in [1.54, 1.807) is 54.2 Å². The van der Waals surface area contributed by atoms with Gasteiger partial charge in [0.25, 0.3) is 11.8 Å². The van der Waals surface area contributed by atoms with Crippen LogP contribution < -0.4 is 14.8 Å². The van der Waals surface area contributed by atoms with Gasteiger partial charge in [-0.15, -0.1) is 0 Å². The summed E-state index contributed by atoms with van der Waals surface area (Å²) in [4.78, 5) is 35.2. The second-order valence-corrected chi connectivity index (χ2v) is 7.89. The maximum atomic E-state index is 12.8. The lowest BCUT2D eigenvalue weighted by Gasteiger charge is -2.30. The van der Waals surface area contributed by atoms with Crippen LogP contribution in [0.25, 0.3) is 0 Å². The van der Waals surface area contributed by atoms with Crippen LogP contribution >= 0.6 is 0 Å².